The summed E-state index contributed by atoms with van der Waals surface area (Å²) in [6.07, 6.45) is 3.29. The number of halogens is 1. The molecule has 0 radical (unpaired) electrons. The first-order valence-corrected chi connectivity index (χ1v) is 5.32. The van der Waals surface area contributed by atoms with Crippen LogP contribution in [-0.2, 0) is 20.6 Å². The van der Waals surface area contributed by atoms with Gasteiger partial charge in [0.15, 0.2) is 0 Å². The van der Waals surface area contributed by atoms with Gasteiger partial charge in [-0.05, 0) is 6.08 Å². The van der Waals surface area contributed by atoms with Crippen LogP contribution in [0.5, 0.6) is 0 Å². The molecule has 0 spiro atoms. The molecule has 1 aliphatic carbocycles. The number of hydrogen-bond donors (Lipinski definition) is 0. The van der Waals surface area contributed by atoms with Crippen molar-refractivity contribution in [1.82, 2.24) is 0 Å². The highest BCUT2D eigenvalue weighted by atomic mass is 35.5. The van der Waals surface area contributed by atoms with Crippen LogP contribution in [-0.4, -0.2) is 26.6 Å². The van der Waals surface area contributed by atoms with Crippen LogP contribution in [0, 0.1) is 0 Å². The molecule has 13 heavy (non-hydrogen) atoms. The zero-order valence-corrected chi connectivity index (χ0v) is 8.88. The Morgan fingerprint density at radius 1 is 1.08 bits per heavy atom. The molecule has 0 aliphatic heterocycles. The largest absolute Gasteiger partial charge is 0.217 e. The van der Waals surface area contributed by atoms with Crippen molar-refractivity contribution < 1.29 is 16.8 Å². The Balaban J connectivity index is 0.00000144. The van der Waals surface area contributed by atoms with Gasteiger partial charge in [-0.2, -0.15) is 16.8 Å². The van der Waals surface area contributed by atoms with Crippen molar-refractivity contribution in [3.63, 3.8) is 0 Å². The smallest absolute Gasteiger partial charge is 0.185 e. The van der Waals surface area contributed by atoms with Gasteiger partial charge in [-0.1, -0.05) is 6.08 Å². The minimum atomic E-state index is -2.30. The molecule has 1 rings (SSSR count). The molecule has 0 saturated carbocycles. The van der Waals surface area contributed by atoms with E-state index in [-0.39, 0.29) is 28.6 Å². The second-order valence-corrected chi connectivity index (χ2v) is 4.30. The fourth-order valence-corrected chi connectivity index (χ4v) is 1.99. The normalized spacial score (nSPS) is 15.1. The average molecular weight is 243 g/mol. The quantitative estimate of drug-likeness (QED) is 0.555. The Bertz CT molecular complexity index is 465. The Labute approximate surface area is 84.7 Å². The van der Waals surface area contributed by atoms with E-state index in [0.717, 1.165) is 0 Å². The Morgan fingerprint density at radius 3 is 2.15 bits per heavy atom. The van der Waals surface area contributed by atoms with Crippen LogP contribution in [0.15, 0.2) is 12.2 Å². The zero-order valence-electron chi connectivity index (χ0n) is 6.43. The molecule has 0 fully saturated rings. The van der Waals surface area contributed by atoms with Crippen molar-refractivity contribution in [2.24, 2.45) is 0 Å². The summed E-state index contributed by atoms with van der Waals surface area (Å²) >= 11 is 0. The van der Waals surface area contributed by atoms with E-state index in [9.17, 15) is 16.8 Å². The summed E-state index contributed by atoms with van der Waals surface area (Å²) in [5, 5.41) is 0. The molecule has 1 aliphatic rings. The molecule has 0 N–H and O–H groups in total. The predicted molar refractivity (Wildman–Crippen MR) is 53.5 cm³/mol. The highest BCUT2D eigenvalue weighted by Gasteiger charge is 2.09. The van der Waals surface area contributed by atoms with Crippen LogP contribution in [0.3, 0.4) is 0 Å². The second-order valence-electron chi connectivity index (χ2n) is 2.26. The van der Waals surface area contributed by atoms with E-state index in [2.05, 4.69) is 0 Å². The standard InChI is InChI=1S/C6H6O4S2.ClH/c7-11(8)5-2-1-3-6(4-5)12(9)10;/h1-2H,3-4H2;1H. The Morgan fingerprint density at radius 2 is 1.69 bits per heavy atom. The number of allylic oxidation sites excluding steroid dienone is 2. The van der Waals surface area contributed by atoms with Crippen LogP contribution >= 0.6 is 12.4 Å². The summed E-state index contributed by atoms with van der Waals surface area (Å²) in [5.41, 5.74) is 0. The van der Waals surface area contributed by atoms with E-state index in [4.69, 9.17) is 0 Å². The first-order valence-electron chi connectivity index (χ1n) is 3.17. The maximum atomic E-state index is 10.4. The maximum Gasteiger partial charge on any atom is 0.217 e. The molecular formula is C6H7ClO4S2. The first kappa shape index (κ1) is 12.4. The first-order chi connectivity index (χ1) is 5.61. The fraction of sp³-hybridized carbons (Fsp3) is 0.333. The summed E-state index contributed by atoms with van der Waals surface area (Å²) in [6.45, 7) is 0. The molecule has 4 nitrogen and oxygen atoms in total. The third kappa shape index (κ3) is 3.33. The average Bonchev–Trinajstić information content (AvgIpc) is 2.04. The SMILES string of the molecule is Cl.O=S(=O)=C1C=CCC(=S(=O)=O)C1. The van der Waals surface area contributed by atoms with Gasteiger partial charge in [0, 0.05) is 12.8 Å². The van der Waals surface area contributed by atoms with Crippen LogP contribution in [0.4, 0.5) is 0 Å². The molecular weight excluding hydrogens is 236 g/mol. The van der Waals surface area contributed by atoms with Gasteiger partial charge in [-0.25, -0.2) is 0 Å². The van der Waals surface area contributed by atoms with Gasteiger partial charge in [0.2, 0.25) is 20.6 Å². The third-order valence-electron chi connectivity index (χ3n) is 1.47. The molecule has 0 unspecified atom stereocenters. The lowest BCUT2D eigenvalue weighted by molar-refractivity contribution is 0.626. The molecule has 0 heterocycles. The summed E-state index contributed by atoms with van der Waals surface area (Å²) in [7, 11) is -4.57. The Hall–Kier alpha value is -0.590. The van der Waals surface area contributed by atoms with Gasteiger partial charge in [-0.15, -0.1) is 12.4 Å². The summed E-state index contributed by atoms with van der Waals surface area (Å²) in [6, 6.07) is 0. The lowest BCUT2D eigenvalue weighted by Crippen LogP contribution is -2.11. The Kier molecular flexibility index (Phi) is 4.97. The monoisotopic (exact) mass is 242 g/mol. The number of rotatable bonds is 0. The molecule has 0 atom stereocenters. The van der Waals surface area contributed by atoms with Gasteiger partial charge in [0.05, 0.1) is 9.73 Å². The van der Waals surface area contributed by atoms with Crippen LogP contribution in [0.2, 0.25) is 0 Å². The molecule has 0 amide bonds. The van der Waals surface area contributed by atoms with Crippen molar-refractivity contribution in [2.45, 2.75) is 12.8 Å². The van der Waals surface area contributed by atoms with Gasteiger partial charge in [0.1, 0.15) is 0 Å². The molecule has 74 valence electrons. The van der Waals surface area contributed by atoms with Crippen molar-refractivity contribution in [3.05, 3.63) is 12.2 Å². The second kappa shape index (κ2) is 5.21. The van der Waals surface area contributed by atoms with Crippen LogP contribution < -0.4 is 0 Å². The number of hydrogen-bond acceptors (Lipinski definition) is 4. The minimum absolute atomic E-state index is 0. The van der Waals surface area contributed by atoms with Crippen molar-refractivity contribution in [3.8, 4) is 0 Å². The van der Waals surface area contributed by atoms with E-state index < -0.39 is 20.6 Å². The van der Waals surface area contributed by atoms with E-state index in [1.807, 2.05) is 0 Å². The van der Waals surface area contributed by atoms with Gasteiger partial charge >= 0.3 is 0 Å². The maximum absolute atomic E-state index is 10.4. The summed E-state index contributed by atoms with van der Waals surface area (Å²) < 4.78 is 41.7. The van der Waals surface area contributed by atoms with E-state index in [1.54, 1.807) is 0 Å². The summed E-state index contributed by atoms with van der Waals surface area (Å²) in [4.78, 5) is 0.345. The lowest BCUT2D eigenvalue weighted by Gasteiger charge is -2.02. The molecule has 0 saturated heterocycles. The predicted octanol–water partition coefficient (Wildman–Crippen LogP) is -0.139. The molecule has 0 aromatic heterocycles. The lowest BCUT2D eigenvalue weighted by atomic mass is 10.1. The van der Waals surface area contributed by atoms with Crippen molar-refractivity contribution in [1.29, 1.82) is 0 Å². The van der Waals surface area contributed by atoms with E-state index >= 15 is 0 Å². The molecule has 7 heteroatoms. The van der Waals surface area contributed by atoms with Crippen molar-refractivity contribution in [2.75, 3.05) is 0 Å². The molecule has 0 bridgehead atoms. The van der Waals surface area contributed by atoms with Crippen LogP contribution in [0.1, 0.15) is 12.8 Å². The minimum Gasteiger partial charge on any atom is -0.185 e. The highest BCUT2D eigenvalue weighted by molar-refractivity contribution is 7.75. The van der Waals surface area contributed by atoms with E-state index in [1.165, 1.54) is 12.2 Å². The van der Waals surface area contributed by atoms with Gasteiger partial charge < -0.3 is 0 Å². The molecule has 0 aromatic carbocycles. The topological polar surface area (TPSA) is 68.3 Å². The third-order valence-corrected chi connectivity index (χ3v) is 2.96. The van der Waals surface area contributed by atoms with Crippen LogP contribution in [0.25, 0.3) is 0 Å². The fourth-order valence-electron chi connectivity index (χ4n) is 0.889. The van der Waals surface area contributed by atoms with Gasteiger partial charge in [0.25, 0.3) is 0 Å². The van der Waals surface area contributed by atoms with Crippen molar-refractivity contribution >= 4 is 42.7 Å². The summed E-state index contributed by atoms with van der Waals surface area (Å²) in [5.74, 6) is 0. The zero-order chi connectivity index (χ0) is 9.14. The highest BCUT2D eigenvalue weighted by Crippen LogP contribution is 2.03. The van der Waals surface area contributed by atoms with Gasteiger partial charge in [-0.3, -0.25) is 0 Å². The molecule has 0 aromatic rings. The van der Waals surface area contributed by atoms with E-state index in [0.29, 0.717) is 6.42 Å².